The second-order valence-electron chi connectivity index (χ2n) is 11.2. The summed E-state index contributed by atoms with van der Waals surface area (Å²) in [6.45, 7) is -0.353. The number of carbonyl (C=O) groups excluding carboxylic acids is 5. The van der Waals surface area contributed by atoms with Crippen LogP contribution < -0.4 is 27.4 Å². The zero-order valence-electron chi connectivity index (χ0n) is 25.8. The molecule has 0 aliphatic carbocycles. The number of primary amides is 1. The second kappa shape index (κ2) is 17.1. The van der Waals surface area contributed by atoms with E-state index in [9.17, 15) is 43.4 Å². The van der Waals surface area contributed by atoms with Crippen LogP contribution in [0.1, 0.15) is 30.4 Å². The van der Waals surface area contributed by atoms with E-state index in [0.29, 0.717) is 24.0 Å². The Labute approximate surface area is 273 Å². The summed E-state index contributed by atoms with van der Waals surface area (Å²) in [5.74, 6) is -3.32. The molecule has 0 aromatic heterocycles. The number of aromatic hydroxyl groups is 1. The molecule has 2 aromatic carbocycles. The summed E-state index contributed by atoms with van der Waals surface area (Å²) in [5.41, 5.74) is 12.5. The number of rotatable bonds is 16. The lowest BCUT2D eigenvalue weighted by Gasteiger charge is -2.28. The van der Waals surface area contributed by atoms with Gasteiger partial charge in [0.05, 0.1) is 17.5 Å². The molecular formula is C30H39N7O9S. The van der Waals surface area contributed by atoms with Gasteiger partial charge in [0.1, 0.15) is 23.9 Å². The van der Waals surface area contributed by atoms with Gasteiger partial charge in [-0.2, -0.15) is 0 Å². The lowest BCUT2D eigenvalue weighted by atomic mass is 10.0. The van der Waals surface area contributed by atoms with Gasteiger partial charge in [-0.1, -0.05) is 24.3 Å². The summed E-state index contributed by atoms with van der Waals surface area (Å²) in [4.78, 5) is 76.1. The molecule has 1 fully saturated rings. The van der Waals surface area contributed by atoms with E-state index < -0.39 is 76.0 Å². The lowest BCUT2D eigenvalue weighted by molar-refractivity contribution is -0.384. The van der Waals surface area contributed by atoms with E-state index in [1.165, 1.54) is 47.6 Å². The van der Waals surface area contributed by atoms with Crippen LogP contribution in [0.4, 0.5) is 5.69 Å². The van der Waals surface area contributed by atoms with E-state index in [1.807, 2.05) is 0 Å². The van der Waals surface area contributed by atoms with Crippen molar-refractivity contribution in [2.75, 3.05) is 25.1 Å². The van der Waals surface area contributed by atoms with Gasteiger partial charge in [0.2, 0.25) is 29.5 Å². The Balaban J connectivity index is 1.68. The smallest absolute Gasteiger partial charge is 0.269 e. The fourth-order valence-corrected chi connectivity index (χ4v) is 5.63. The maximum atomic E-state index is 13.5. The first-order valence-electron chi connectivity index (χ1n) is 14.8. The highest BCUT2D eigenvalue weighted by Crippen LogP contribution is 2.20. The van der Waals surface area contributed by atoms with Crippen LogP contribution in [0, 0.1) is 10.1 Å². The molecule has 0 unspecified atom stereocenters. The van der Waals surface area contributed by atoms with Crippen molar-refractivity contribution in [2.45, 2.75) is 56.3 Å². The first-order valence-corrected chi connectivity index (χ1v) is 16.5. The number of nitrogens with one attached hydrogen (secondary N) is 3. The molecule has 47 heavy (non-hydrogen) atoms. The van der Waals surface area contributed by atoms with E-state index in [2.05, 4.69) is 16.0 Å². The number of benzene rings is 2. The van der Waals surface area contributed by atoms with Crippen LogP contribution in [0.3, 0.4) is 0 Å². The largest absolute Gasteiger partial charge is 0.508 e. The van der Waals surface area contributed by atoms with Crippen molar-refractivity contribution in [3.63, 3.8) is 0 Å². The second-order valence-corrected chi connectivity index (χ2v) is 12.7. The summed E-state index contributed by atoms with van der Waals surface area (Å²) in [6, 6.07) is 7.22. The molecule has 2 aromatic rings. The first-order chi connectivity index (χ1) is 22.2. The topological polar surface area (TPSA) is 257 Å². The highest BCUT2D eigenvalue weighted by atomic mass is 32.2. The minimum absolute atomic E-state index is 0.0149. The fourth-order valence-electron chi connectivity index (χ4n) is 5.06. The van der Waals surface area contributed by atoms with Crippen molar-refractivity contribution in [3.8, 4) is 5.75 Å². The fraction of sp³-hybridized carbons (Fsp3) is 0.433. The molecule has 0 spiro atoms. The molecule has 5 atom stereocenters. The molecule has 1 saturated heterocycles. The van der Waals surface area contributed by atoms with Crippen molar-refractivity contribution in [1.82, 2.24) is 20.9 Å². The van der Waals surface area contributed by atoms with Gasteiger partial charge in [0.15, 0.2) is 0 Å². The van der Waals surface area contributed by atoms with E-state index in [0.717, 1.165) is 0 Å². The number of phenols is 1. The Hall–Kier alpha value is -4.90. The standard InChI is InChI=1S/C30H39N7O9S/c1-47(46)14-12-23(35-28(41)22(31)15-18-6-10-21(38)11-7-18)29(42)33-17-26(39)34-24(16-19-4-8-20(9-5-19)37(44)45)30(43)36-13-2-3-25(36)27(32)40/h4-11,22-25,38H,2-3,12-17,31H2,1H3,(H2,32,40)(H,33,42)(H,34,39)(H,35,41)/t22-,23+,24-,25-,47-/m0/s1. The maximum Gasteiger partial charge on any atom is 0.269 e. The van der Waals surface area contributed by atoms with E-state index in [1.54, 1.807) is 12.1 Å². The maximum absolute atomic E-state index is 13.5. The average Bonchev–Trinajstić information content (AvgIpc) is 3.53. The highest BCUT2D eigenvalue weighted by molar-refractivity contribution is 7.84. The molecule has 8 N–H and O–H groups in total. The minimum Gasteiger partial charge on any atom is -0.508 e. The van der Waals surface area contributed by atoms with E-state index >= 15 is 0 Å². The molecular weight excluding hydrogens is 634 g/mol. The number of phenolic OH excluding ortho intramolecular Hbond substituents is 1. The van der Waals surface area contributed by atoms with Crippen LogP contribution in [-0.2, 0) is 47.6 Å². The lowest BCUT2D eigenvalue weighted by Crippen LogP contribution is -2.56. The van der Waals surface area contributed by atoms with Crippen molar-refractivity contribution in [2.24, 2.45) is 11.5 Å². The predicted octanol–water partition coefficient (Wildman–Crippen LogP) is -1.26. The van der Waals surface area contributed by atoms with Crippen molar-refractivity contribution in [1.29, 1.82) is 0 Å². The molecule has 0 radical (unpaired) electrons. The van der Waals surface area contributed by atoms with Crippen LogP contribution >= 0.6 is 0 Å². The van der Waals surface area contributed by atoms with Crippen LogP contribution in [0.5, 0.6) is 5.75 Å². The molecule has 1 aliphatic rings. The molecule has 3 rings (SSSR count). The van der Waals surface area contributed by atoms with Crippen LogP contribution in [0.25, 0.3) is 0 Å². The number of amides is 5. The number of hydrogen-bond donors (Lipinski definition) is 6. The Bertz CT molecular complexity index is 1490. The van der Waals surface area contributed by atoms with Crippen molar-refractivity contribution in [3.05, 3.63) is 69.8 Å². The average molecular weight is 674 g/mol. The molecule has 17 heteroatoms. The van der Waals surface area contributed by atoms with Crippen molar-refractivity contribution < 1.29 is 38.2 Å². The number of hydrogen-bond acceptors (Lipinski definition) is 10. The quantitative estimate of drug-likeness (QED) is 0.0911. The molecule has 5 amide bonds. The number of non-ortho nitro benzene ring substituents is 1. The van der Waals surface area contributed by atoms with Crippen LogP contribution in [-0.4, -0.2) is 97.9 Å². The molecule has 0 bridgehead atoms. The molecule has 254 valence electrons. The van der Waals surface area contributed by atoms with Gasteiger partial charge in [-0.05, 0) is 48.9 Å². The van der Waals surface area contributed by atoms with Gasteiger partial charge in [-0.15, -0.1) is 0 Å². The zero-order valence-corrected chi connectivity index (χ0v) is 26.6. The Kier molecular flexibility index (Phi) is 13.3. The first kappa shape index (κ1) is 36.6. The van der Waals surface area contributed by atoms with Gasteiger partial charge < -0.3 is 37.4 Å². The number of likely N-dealkylation sites (tertiary alicyclic amines) is 1. The third-order valence-corrected chi connectivity index (χ3v) is 8.37. The third-order valence-electron chi connectivity index (χ3n) is 7.56. The van der Waals surface area contributed by atoms with Crippen LogP contribution in [0.2, 0.25) is 0 Å². The van der Waals surface area contributed by atoms with Gasteiger partial charge in [0.25, 0.3) is 5.69 Å². The van der Waals surface area contributed by atoms with Crippen LogP contribution in [0.15, 0.2) is 48.5 Å². The molecule has 1 heterocycles. The minimum atomic E-state index is -1.30. The Morgan fingerprint density at radius 2 is 1.62 bits per heavy atom. The Morgan fingerprint density at radius 3 is 2.21 bits per heavy atom. The zero-order chi connectivity index (χ0) is 34.7. The Morgan fingerprint density at radius 1 is 1.00 bits per heavy atom. The highest BCUT2D eigenvalue weighted by Gasteiger charge is 2.37. The molecule has 0 saturated carbocycles. The van der Waals surface area contributed by atoms with Gasteiger partial charge in [0, 0.05) is 47.9 Å². The summed E-state index contributed by atoms with van der Waals surface area (Å²) >= 11 is 0. The summed E-state index contributed by atoms with van der Waals surface area (Å²) in [6.07, 6.45) is 2.36. The molecule has 1 aliphatic heterocycles. The van der Waals surface area contributed by atoms with Gasteiger partial charge in [-0.3, -0.25) is 38.3 Å². The number of nitrogens with two attached hydrogens (primary N) is 2. The monoisotopic (exact) mass is 673 g/mol. The van der Waals surface area contributed by atoms with Gasteiger partial charge >= 0.3 is 0 Å². The van der Waals surface area contributed by atoms with E-state index in [-0.39, 0.29) is 43.0 Å². The normalized spacial score (nSPS) is 16.7. The summed E-state index contributed by atoms with van der Waals surface area (Å²) < 4.78 is 11.7. The summed E-state index contributed by atoms with van der Waals surface area (Å²) in [5, 5.41) is 28.0. The number of carbonyl (C=O) groups is 5. The number of nitrogens with zero attached hydrogens (tertiary/aromatic N) is 2. The number of nitro benzene ring substituents is 1. The predicted molar refractivity (Wildman–Crippen MR) is 171 cm³/mol. The number of nitro groups is 1. The van der Waals surface area contributed by atoms with Crippen molar-refractivity contribution >= 4 is 46.0 Å². The third kappa shape index (κ3) is 11.1. The van der Waals surface area contributed by atoms with E-state index in [4.69, 9.17) is 11.5 Å². The molecule has 16 nitrogen and oxygen atoms in total. The van der Waals surface area contributed by atoms with Gasteiger partial charge in [-0.25, -0.2) is 0 Å². The summed E-state index contributed by atoms with van der Waals surface area (Å²) in [7, 11) is -1.30. The SMILES string of the molecule is C[S@](=O)CC[C@@H](NC(=O)[C@@H](N)Cc1ccc(O)cc1)C(=O)NCC(=O)N[C@@H](Cc1ccc([N+](=O)[O-])cc1)C(=O)N1CCC[C@H]1C(N)=O.